The third-order valence-electron chi connectivity index (χ3n) is 4.02. The Morgan fingerprint density at radius 3 is 2.95 bits per heavy atom. The van der Waals surface area contributed by atoms with Crippen molar-refractivity contribution < 1.29 is 13.7 Å². The number of fused-ring (bicyclic) bond motifs is 1. The molecule has 1 aliphatic rings. The van der Waals surface area contributed by atoms with Gasteiger partial charge in [0, 0.05) is 23.5 Å². The molecule has 0 unspecified atom stereocenters. The van der Waals surface area contributed by atoms with Crippen LogP contribution in [0.2, 0.25) is 0 Å². The summed E-state index contributed by atoms with van der Waals surface area (Å²) in [5.74, 6) is 2.05. The van der Waals surface area contributed by atoms with Gasteiger partial charge in [-0.1, -0.05) is 17.3 Å². The summed E-state index contributed by atoms with van der Waals surface area (Å²) in [7, 11) is 0. The molecule has 1 fully saturated rings. The Kier molecular flexibility index (Phi) is 2.82. The van der Waals surface area contributed by atoms with Crippen molar-refractivity contribution in [3.05, 3.63) is 35.2 Å². The van der Waals surface area contributed by atoms with Gasteiger partial charge in [-0.3, -0.25) is 0 Å². The van der Waals surface area contributed by atoms with Crippen molar-refractivity contribution in [1.82, 2.24) is 10.1 Å². The third kappa shape index (κ3) is 2.05. The molecular formula is C16H16N2O3. The molecule has 1 saturated heterocycles. The Balaban J connectivity index is 1.77. The first-order chi connectivity index (χ1) is 10.2. The van der Waals surface area contributed by atoms with E-state index in [-0.39, 0.29) is 5.92 Å². The van der Waals surface area contributed by atoms with Gasteiger partial charge in [0.05, 0.1) is 6.61 Å². The van der Waals surface area contributed by atoms with Crippen molar-refractivity contribution in [1.29, 1.82) is 0 Å². The molecule has 5 heteroatoms. The maximum Gasteiger partial charge on any atom is 0.293 e. The average molecular weight is 284 g/mol. The van der Waals surface area contributed by atoms with E-state index >= 15 is 0 Å². The quantitative estimate of drug-likeness (QED) is 0.719. The predicted octanol–water partition coefficient (Wildman–Crippen LogP) is 3.60. The lowest BCUT2D eigenvalue weighted by Crippen LogP contribution is -1.99. The van der Waals surface area contributed by atoms with Crippen molar-refractivity contribution in [3.8, 4) is 11.7 Å². The predicted molar refractivity (Wildman–Crippen MR) is 77.2 cm³/mol. The summed E-state index contributed by atoms with van der Waals surface area (Å²) in [4.78, 5) is 4.49. The zero-order chi connectivity index (χ0) is 14.4. The van der Waals surface area contributed by atoms with Crippen LogP contribution in [0.3, 0.4) is 0 Å². The Labute approximate surface area is 121 Å². The highest BCUT2D eigenvalue weighted by molar-refractivity contribution is 5.86. The van der Waals surface area contributed by atoms with E-state index in [1.165, 1.54) is 0 Å². The first-order valence-corrected chi connectivity index (χ1v) is 7.14. The Hall–Kier alpha value is -2.14. The number of rotatable bonds is 2. The second kappa shape index (κ2) is 4.70. The molecule has 1 aliphatic heterocycles. The molecule has 0 amide bonds. The molecule has 21 heavy (non-hydrogen) atoms. The topological polar surface area (TPSA) is 61.3 Å². The first-order valence-electron chi connectivity index (χ1n) is 7.14. The minimum atomic E-state index is 0.231. The number of furan rings is 1. The summed E-state index contributed by atoms with van der Waals surface area (Å²) in [6.07, 6.45) is 0.942. The van der Waals surface area contributed by atoms with E-state index in [4.69, 9.17) is 13.7 Å². The summed E-state index contributed by atoms with van der Waals surface area (Å²) in [5, 5.41) is 5.16. The van der Waals surface area contributed by atoms with Crippen molar-refractivity contribution >= 4 is 11.0 Å². The standard InChI is InChI=1S/C16H16N2O3/c1-9-3-4-12-10(2)14(20-13(12)7-9)16-17-15(18-21-16)11-5-6-19-8-11/h3-4,7,11H,5-6,8H2,1-2H3/t11-/m0/s1. The number of aryl methyl sites for hydroxylation is 2. The van der Waals surface area contributed by atoms with Gasteiger partial charge in [-0.15, -0.1) is 0 Å². The van der Waals surface area contributed by atoms with Gasteiger partial charge >= 0.3 is 0 Å². The van der Waals surface area contributed by atoms with Crippen molar-refractivity contribution in [3.63, 3.8) is 0 Å². The second-order valence-electron chi connectivity index (χ2n) is 5.57. The van der Waals surface area contributed by atoms with Gasteiger partial charge in [0.1, 0.15) is 5.58 Å². The van der Waals surface area contributed by atoms with Crippen LogP contribution in [0.25, 0.3) is 22.6 Å². The second-order valence-corrected chi connectivity index (χ2v) is 5.57. The fourth-order valence-electron chi connectivity index (χ4n) is 2.77. The highest BCUT2D eigenvalue weighted by atomic mass is 16.5. The molecule has 0 N–H and O–H groups in total. The number of nitrogens with zero attached hydrogens (tertiary/aromatic N) is 2. The van der Waals surface area contributed by atoms with E-state index in [2.05, 4.69) is 22.3 Å². The maximum atomic E-state index is 5.91. The summed E-state index contributed by atoms with van der Waals surface area (Å²) in [6, 6.07) is 6.16. The van der Waals surface area contributed by atoms with Crippen LogP contribution in [-0.2, 0) is 4.74 Å². The van der Waals surface area contributed by atoms with Gasteiger partial charge < -0.3 is 13.7 Å². The van der Waals surface area contributed by atoms with Crippen LogP contribution in [0.4, 0.5) is 0 Å². The highest BCUT2D eigenvalue weighted by Crippen LogP contribution is 2.33. The zero-order valence-corrected chi connectivity index (χ0v) is 12.0. The number of benzene rings is 1. The van der Waals surface area contributed by atoms with E-state index in [0.717, 1.165) is 35.1 Å². The van der Waals surface area contributed by atoms with Gasteiger partial charge in [-0.2, -0.15) is 4.98 Å². The molecule has 1 atom stereocenters. The Bertz CT molecular complexity index is 797. The number of aromatic nitrogens is 2. The Morgan fingerprint density at radius 1 is 1.24 bits per heavy atom. The molecule has 0 radical (unpaired) electrons. The van der Waals surface area contributed by atoms with Crippen LogP contribution in [0.1, 0.15) is 29.3 Å². The maximum absolute atomic E-state index is 5.91. The van der Waals surface area contributed by atoms with Crippen LogP contribution in [-0.4, -0.2) is 23.4 Å². The molecule has 0 saturated carbocycles. The smallest absolute Gasteiger partial charge is 0.293 e. The molecule has 3 aromatic rings. The molecule has 108 valence electrons. The third-order valence-corrected chi connectivity index (χ3v) is 4.02. The molecular weight excluding hydrogens is 268 g/mol. The van der Waals surface area contributed by atoms with Crippen LogP contribution in [0.5, 0.6) is 0 Å². The average Bonchev–Trinajstić information content (AvgIpc) is 3.17. The SMILES string of the molecule is Cc1ccc2c(C)c(-c3nc([C@H]4CCOC4)no3)oc2c1. The van der Waals surface area contributed by atoms with Crippen molar-refractivity contribution in [2.75, 3.05) is 13.2 Å². The normalized spacial score (nSPS) is 18.7. The lowest BCUT2D eigenvalue weighted by atomic mass is 10.1. The monoisotopic (exact) mass is 284 g/mol. The molecule has 1 aromatic carbocycles. The summed E-state index contributed by atoms with van der Waals surface area (Å²) >= 11 is 0. The molecule has 0 aliphatic carbocycles. The lowest BCUT2D eigenvalue weighted by molar-refractivity contribution is 0.192. The largest absolute Gasteiger partial charge is 0.451 e. The number of ether oxygens (including phenoxy) is 1. The van der Waals surface area contributed by atoms with E-state index < -0.39 is 0 Å². The molecule has 3 heterocycles. The van der Waals surface area contributed by atoms with Crippen molar-refractivity contribution in [2.45, 2.75) is 26.2 Å². The number of hydrogen-bond acceptors (Lipinski definition) is 5. The van der Waals surface area contributed by atoms with Crippen LogP contribution in [0.15, 0.2) is 27.1 Å². The van der Waals surface area contributed by atoms with Gasteiger partial charge in [0.25, 0.3) is 5.89 Å². The molecule has 5 nitrogen and oxygen atoms in total. The minimum absolute atomic E-state index is 0.231. The van der Waals surface area contributed by atoms with E-state index in [1.807, 2.05) is 19.9 Å². The van der Waals surface area contributed by atoms with Crippen molar-refractivity contribution in [2.24, 2.45) is 0 Å². The number of hydrogen-bond donors (Lipinski definition) is 0. The minimum Gasteiger partial charge on any atom is -0.451 e. The van der Waals surface area contributed by atoms with Gasteiger partial charge in [0.15, 0.2) is 11.6 Å². The van der Waals surface area contributed by atoms with E-state index in [9.17, 15) is 0 Å². The zero-order valence-electron chi connectivity index (χ0n) is 12.0. The fourth-order valence-corrected chi connectivity index (χ4v) is 2.77. The van der Waals surface area contributed by atoms with Crippen LogP contribution >= 0.6 is 0 Å². The summed E-state index contributed by atoms with van der Waals surface area (Å²) < 4.78 is 16.7. The Morgan fingerprint density at radius 2 is 2.14 bits per heavy atom. The lowest BCUT2D eigenvalue weighted by Gasteiger charge is -1.97. The first kappa shape index (κ1) is 12.6. The van der Waals surface area contributed by atoms with Crippen LogP contribution in [0, 0.1) is 13.8 Å². The summed E-state index contributed by atoms with van der Waals surface area (Å²) in [5.41, 5.74) is 3.05. The highest BCUT2D eigenvalue weighted by Gasteiger charge is 2.25. The molecule has 0 bridgehead atoms. The molecule has 4 rings (SSSR count). The molecule has 0 spiro atoms. The van der Waals surface area contributed by atoms with E-state index in [0.29, 0.717) is 24.1 Å². The van der Waals surface area contributed by atoms with Crippen LogP contribution < -0.4 is 0 Å². The van der Waals surface area contributed by atoms with Gasteiger partial charge in [0.2, 0.25) is 0 Å². The van der Waals surface area contributed by atoms with Gasteiger partial charge in [-0.05, 0) is 31.9 Å². The van der Waals surface area contributed by atoms with Gasteiger partial charge in [-0.25, -0.2) is 0 Å². The summed E-state index contributed by atoms with van der Waals surface area (Å²) in [6.45, 7) is 5.48. The van der Waals surface area contributed by atoms with E-state index in [1.54, 1.807) is 0 Å². The molecule has 2 aromatic heterocycles. The fraction of sp³-hybridized carbons (Fsp3) is 0.375.